The van der Waals surface area contributed by atoms with Crippen LogP contribution in [0.2, 0.25) is 0 Å². The quantitative estimate of drug-likeness (QED) is 0.159. The molecule has 1 N–H and O–H groups in total. The molecular formula is C31H25BrN2O4. The van der Waals surface area contributed by atoms with Crippen molar-refractivity contribution in [2.75, 3.05) is 0 Å². The maximum atomic E-state index is 13.4. The Morgan fingerprint density at radius 3 is 2.47 bits per heavy atom. The van der Waals surface area contributed by atoms with Crippen molar-refractivity contribution in [2.24, 2.45) is 0 Å². The van der Waals surface area contributed by atoms with Crippen LogP contribution in [0.15, 0.2) is 107 Å². The van der Waals surface area contributed by atoms with Crippen molar-refractivity contribution in [3.05, 3.63) is 135 Å². The van der Waals surface area contributed by atoms with Crippen LogP contribution in [0.3, 0.4) is 0 Å². The van der Waals surface area contributed by atoms with E-state index in [-0.39, 0.29) is 17.9 Å². The summed E-state index contributed by atoms with van der Waals surface area (Å²) in [4.78, 5) is 32.2. The van der Waals surface area contributed by atoms with Gasteiger partial charge in [0.05, 0.1) is 11.6 Å². The summed E-state index contributed by atoms with van der Waals surface area (Å²) in [7, 11) is 0. The van der Waals surface area contributed by atoms with E-state index in [2.05, 4.69) is 20.9 Å². The molecule has 1 aliphatic heterocycles. The molecule has 1 fully saturated rings. The summed E-state index contributed by atoms with van der Waals surface area (Å²) in [6.45, 7) is 2.43. The smallest absolute Gasteiger partial charge is 0.295 e. The number of ether oxygens (including phenoxy) is 1. The van der Waals surface area contributed by atoms with Crippen molar-refractivity contribution in [1.82, 2.24) is 9.88 Å². The van der Waals surface area contributed by atoms with Gasteiger partial charge in [0.15, 0.2) is 0 Å². The number of ketones is 1. The minimum absolute atomic E-state index is 0.0537. The number of halogens is 1. The van der Waals surface area contributed by atoms with E-state index in [0.29, 0.717) is 23.5 Å². The number of aryl methyl sites for hydroxylation is 1. The summed E-state index contributed by atoms with van der Waals surface area (Å²) in [6.07, 6.45) is 3.31. The first-order valence-corrected chi connectivity index (χ1v) is 12.9. The number of aliphatic hydroxyl groups excluding tert-OH is 1. The average molecular weight is 569 g/mol. The maximum absolute atomic E-state index is 13.4. The second-order valence-electron chi connectivity index (χ2n) is 9.09. The van der Waals surface area contributed by atoms with E-state index in [1.807, 2.05) is 73.7 Å². The molecule has 1 amide bonds. The molecule has 1 saturated heterocycles. The van der Waals surface area contributed by atoms with Gasteiger partial charge in [0.25, 0.3) is 11.7 Å². The van der Waals surface area contributed by atoms with Gasteiger partial charge in [-0.15, -0.1) is 0 Å². The predicted molar refractivity (Wildman–Crippen MR) is 148 cm³/mol. The number of aromatic nitrogens is 1. The summed E-state index contributed by atoms with van der Waals surface area (Å²) in [5.74, 6) is -0.960. The standard InChI is InChI=1S/C31H25BrN2O4/c1-20-15-25(38-19-21-7-3-2-4-8-21)12-13-26(20)29(35)27-28(23-10-5-11-24(32)16-23)34(31(37)30(27)36)18-22-9-6-14-33-17-22/h2-17,28,35H,18-19H2,1H3/t28-/m1/s1. The highest BCUT2D eigenvalue weighted by atomic mass is 79.9. The molecule has 1 atom stereocenters. The van der Waals surface area contributed by atoms with Gasteiger partial charge in [-0.05, 0) is 65.6 Å². The van der Waals surface area contributed by atoms with Crippen LogP contribution in [0.4, 0.5) is 0 Å². The topological polar surface area (TPSA) is 79.7 Å². The Kier molecular flexibility index (Phi) is 7.38. The van der Waals surface area contributed by atoms with Crippen molar-refractivity contribution in [3.63, 3.8) is 0 Å². The third kappa shape index (κ3) is 5.24. The number of hydrogen-bond donors (Lipinski definition) is 1. The van der Waals surface area contributed by atoms with Gasteiger partial charge in [0.1, 0.15) is 18.1 Å². The molecule has 0 spiro atoms. The number of amides is 1. The van der Waals surface area contributed by atoms with E-state index in [0.717, 1.165) is 21.2 Å². The van der Waals surface area contributed by atoms with Crippen molar-refractivity contribution in [2.45, 2.75) is 26.1 Å². The Hall–Kier alpha value is -4.23. The van der Waals surface area contributed by atoms with Crippen LogP contribution >= 0.6 is 15.9 Å². The molecule has 0 aliphatic carbocycles. The van der Waals surface area contributed by atoms with Gasteiger partial charge in [-0.25, -0.2) is 0 Å². The highest BCUT2D eigenvalue weighted by Gasteiger charge is 2.46. The molecule has 0 unspecified atom stereocenters. The predicted octanol–water partition coefficient (Wildman–Crippen LogP) is 6.35. The van der Waals surface area contributed by atoms with Crippen LogP contribution in [-0.2, 0) is 22.7 Å². The Labute approximate surface area is 229 Å². The number of rotatable bonds is 7. The van der Waals surface area contributed by atoms with Crippen LogP contribution in [0, 0.1) is 6.92 Å². The largest absolute Gasteiger partial charge is 0.507 e. The molecule has 0 saturated carbocycles. The van der Waals surface area contributed by atoms with Gasteiger partial charge in [-0.1, -0.05) is 64.5 Å². The van der Waals surface area contributed by atoms with Crippen LogP contribution in [0.5, 0.6) is 5.75 Å². The average Bonchev–Trinajstić information content (AvgIpc) is 3.18. The minimum atomic E-state index is -0.763. The van der Waals surface area contributed by atoms with Gasteiger partial charge in [0.2, 0.25) is 0 Å². The maximum Gasteiger partial charge on any atom is 0.295 e. The van der Waals surface area contributed by atoms with Gasteiger partial charge in [-0.2, -0.15) is 0 Å². The molecule has 0 radical (unpaired) electrons. The SMILES string of the molecule is Cc1cc(OCc2ccccc2)ccc1C(O)=C1C(=O)C(=O)N(Cc2cccnc2)[C@@H]1c1cccc(Br)c1. The number of aliphatic hydroxyl groups is 1. The summed E-state index contributed by atoms with van der Waals surface area (Å²) >= 11 is 3.49. The summed E-state index contributed by atoms with van der Waals surface area (Å²) in [5, 5.41) is 11.5. The molecule has 190 valence electrons. The van der Waals surface area contributed by atoms with Crippen LogP contribution in [0.1, 0.15) is 33.9 Å². The van der Waals surface area contributed by atoms with E-state index in [4.69, 9.17) is 4.74 Å². The highest BCUT2D eigenvalue weighted by Crippen LogP contribution is 2.41. The number of Topliss-reactive ketones (excluding diaryl/α,β-unsaturated/α-hetero) is 1. The van der Waals surface area contributed by atoms with Crippen LogP contribution in [-0.4, -0.2) is 26.7 Å². The first-order chi connectivity index (χ1) is 18.4. The van der Waals surface area contributed by atoms with E-state index >= 15 is 0 Å². The Bertz CT molecular complexity index is 1520. The molecular weight excluding hydrogens is 544 g/mol. The van der Waals surface area contributed by atoms with Crippen LogP contribution < -0.4 is 4.74 Å². The van der Waals surface area contributed by atoms with Gasteiger partial charge >= 0.3 is 0 Å². The fraction of sp³-hybridized carbons (Fsp3) is 0.129. The monoisotopic (exact) mass is 568 g/mol. The normalized spacial score (nSPS) is 16.6. The molecule has 38 heavy (non-hydrogen) atoms. The Morgan fingerprint density at radius 2 is 1.76 bits per heavy atom. The van der Waals surface area contributed by atoms with Gasteiger partial charge in [-0.3, -0.25) is 14.6 Å². The highest BCUT2D eigenvalue weighted by molar-refractivity contribution is 9.10. The third-order valence-corrected chi connectivity index (χ3v) is 6.97. The lowest BCUT2D eigenvalue weighted by molar-refractivity contribution is -0.140. The van der Waals surface area contributed by atoms with Gasteiger partial charge < -0.3 is 14.7 Å². The minimum Gasteiger partial charge on any atom is -0.507 e. The Morgan fingerprint density at radius 1 is 0.974 bits per heavy atom. The molecule has 0 bridgehead atoms. The first-order valence-electron chi connectivity index (χ1n) is 12.1. The third-order valence-electron chi connectivity index (χ3n) is 6.48. The van der Waals surface area contributed by atoms with Crippen molar-refractivity contribution in [3.8, 4) is 5.75 Å². The summed E-state index contributed by atoms with van der Waals surface area (Å²) < 4.78 is 6.72. The lowest BCUT2D eigenvalue weighted by atomic mass is 9.94. The lowest BCUT2D eigenvalue weighted by Crippen LogP contribution is -2.29. The zero-order valence-corrected chi connectivity index (χ0v) is 22.3. The number of nitrogens with zero attached hydrogens (tertiary/aromatic N) is 2. The molecule has 7 heteroatoms. The summed E-state index contributed by atoms with van der Waals surface area (Å²) in [5.41, 5.74) is 3.78. The van der Waals surface area contributed by atoms with Crippen molar-refractivity contribution in [1.29, 1.82) is 0 Å². The molecule has 1 aromatic heterocycles. The van der Waals surface area contributed by atoms with Gasteiger partial charge in [0, 0.05) is 29.0 Å². The number of likely N-dealkylation sites (tertiary alicyclic amines) is 1. The fourth-order valence-corrected chi connectivity index (χ4v) is 5.05. The van der Waals surface area contributed by atoms with E-state index < -0.39 is 17.7 Å². The zero-order chi connectivity index (χ0) is 26.6. The van der Waals surface area contributed by atoms with Crippen molar-refractivity contribution >= 4 is 33.4 Å². The van der Waals surface area contributed by atoms with E-state index in [1.54, 1.807) is 30.6 Å². The second kappa shape index (κ2) is 11.0. The number of hydrogen-bond acceptors (Lipinski definition) is 5. The number of carbonyl (C=O) groups is 2. The first kappa shape index (κ1) is 25.4. The van der Waals surface area contributed by atoms with E-state index in [1.165, 1.54) is 4.90 Å². The number of benzene rings is 3. The molecule has 6 nitrogen and oxygen atoms in total. The lowest BCUT2D eigenvalue weighted by Gasteiger charge is -2.25. The van der Waals surface area contributed by atoms with E-state index in [9.17, 15) is 14.7 Å². The molecule has 3 aromatic carbocycles. The molecule has 5 rings (SSSR count). The molecule has 2 heterocycles. The number of pyridine rings is 1. The molecule has 4 aromatic rings. The number of carbonyl (C=O) groups excluding carboxylic acids is 2. The zero-order valence-electron chi connectivity index (χ0n) is 20.7. The Balaban J connectivity index is 1.52. The summed E-state index contributed by atoms with van der Waals surface area (Å²) in [6, 6.07) is 25.4. The second-order valence-corrected chi connectivity index (χ2v) is 10.0. The van der Waals surface area contributed by atoms with Crippen molar-refractivity contribution < 1.29 is 19.4 Å². The molecule has 1 aliphatic rings. The van der Waals surface area contributed by atoms with Crippen LogP contribution in [0.25, 0.3) is 5.76 Å². The fourth-order valence-electron chi connectivity index (χ4n) is 4.63.